The summed E-state index contributed by atoms with van der Waals surface area (Å²) in [6.45, 7) is 3.34. The Bertz CT molecular complexity index is 399. The Hall–Kier alpha value is -1.27. The molecule has 0 amide bonds. The van der Waals surface area contributed by atoms with Gasteiger partial charge in [-0.25, -0.2) is 0 Å². The Morgan fingerprint density at radius 1 is 1.21 bits per heavy atom. The van der Waals surface area contributed by atoms with Gasteiger partial charge in [-0.05, 0) is 31.5 Å². The smallest absolute Gasteiger partial charge is 0.406 e. The van der Waals surface area contributed by atoms with Crippen LogP contribution in [0.5, 0.6) is 5.75 Å². The summed E-state index contributed by atoms with van der Waals surface area (Å²) in [5.41, 5.74) is -0.398. The van der Waals surface area contributed by atoms with Crippen LogP contribution >= 0.6 is 0 Å². The van der Waals surface area contributed by atoms with Gasteiger partial charge in [0, 0.05) is 13.5 Å². The molecule has 0 aliphatic heterocycles. The van der Waals surface area contributed by atoms with Crippen LogP contribution in [0.2, 0.25) is 0 Å². The first-order valence-electron chi connectivity index (χ1n) is 5.74. The first-order valence-corrected chi connectivity index (χ1v) is 5.74. The molecule has 3 nitrogen and oxygen atoms in total. The van der Waals surface area contributed by atoms with E-state index in [2.05, 4.69) is 4.74 Å². The number of rotatable bonds is 5. The highest BCUT2D eigenvalue weighted by Gasteiger charge is 2.31. The van der Waals surface area contributed by atoms with Crippen LogP contribution in [0.25, 0.3) is 0 Å². The van der Waals surface area contributed by atoms with Crippen LogP contribution in [0.1, 0.15) is 19.4 Å². The summed E-state index contributed by atoms with van der Waals surface area (Å²) in [5.74, 6) is -0.282. The van der Waals surface area contributed by atoms with Crippen molar-refractivity contribution in [1.82, 2.24) is 0 Å². The van der Waals surface area contributed by atoms with Crippen molar-refractivity contribution in [2.75, 3.05) is 7.11 Å². The largest absolute Gasteiger partial charge is 0.573 e. The molecule has 1 rings (SSSR count). The third-order valence-electron chi connectivity index (χ3n) is 2.95. The Morgan fingerprint density at radius 2 is 1.74 bits per heavy atom. The number of hydrogen-bond donors (Lipinski definition) is 1. The number of alkyl halides is 3. The maximum atomic E-state index is 12.0. The van der Waals surface area contributed by atoms with Crippen molar-refractivity contribution in [3.8, 4) is 5.75 Å². The molecule has 19 heavy (non-hydrogen) atoms. The van der Waals surface area contributed by atoms with E-state index in [0.29, 0.717) is 5.56 Å². The topological polar surface area (TPSA) is 38.7 Å². The molecule has 1 N–H and O–H groups in total. The molecular formula is C13H17F3O3. The van der Waals surface area contributed by atoms with Gasteiger partial charge in [0.15, 0.2) is 0 Å². The minimum atomic E-state index is -4.70. The van der Waals surface area contributed by atoms with Gasteiger partial charge in [0.25, 0.3) is 0 Å². The first kappa shape index (κ1) is 15.8. The van der Waals surface area contributed by atoms with Gasteiger partial charge in [0.05, 0.1) is 11.7 Å². The zero-order valence-electron chi connectivity index (χ0n) is 11.0. The van der Waals surface area contributed by atoms with E-state index in [1.54, 1.807) is 13.8 Å². The highest BCUT2D eigenvalue weighted by molar-refractivity contribution is 5.28. The van der Waals surface area contributed by atoms with Gasteiger partial charge in [0.1, 0.15) is 5.75 Å². The molecule has 6 heteroatoms. The number of benzene rings is 1. The van der Waals surface area contributed by atoms with Gasteiger partial charge in [-0.1, -0.05) is 12.1 Å². The maximum Gasteiger partial charge on any atom is 0.573 e. The van der Waals surface area contributed by atoms with E-state index in [9.17, 15) is 18.3 Å². The Labute approximate surface area is 110 Å². The molecule has 108 valence electrons. The van der Waals surface area contributed by atoms with Crippen molar-refractivity contribution in [3.05, 3.63) is 29.8 Å². The summed E-state index contributed by atoms with van der Waals surface area (Å²) >= 11 is 0. The predicted molar refractivity (Wildman–Crippen MR) is 63.9 cm³/mol. The highest BCUT2D eigenvalue weighted by Crippen LogP contribution is 2.25. The van der Waals surface area contributed by atoms with Crippen LogP contribution < -0.4 is 4.74 Å². The molecule has 2 unspecified atom stereocenters. The predicted octanol–water partition coefficient (Wildman–Crippen LogP) is 2.91. The minimum Gasteiger partial charge on any atom is -0.406 e. The van der Waals surface area contributed by atoms with Crippen molar-refractivity contribution in [2.45, 2.75) is 38.3 Å². The lowest BCUT2D eigenvalue weighted by Crippen LogP contribution is -2.40. The van der Waals surface area contributed by atoms with E-state index >= 15 is 0 Å². The Kier molecular flexibility index (Phi) is 4.81. The number of ether oxygens (including phenoxy) is 2. The van der Waals surface area contributed by atoms with Crippen molar-refractivity contribution in [2.24, 2.45) is 0 Å². The van der Waals surface area contributed by atoms with E-state index < -0.39 is 18.1 Å². The summed E-state index contributed by atoms with van der Waals surface area (Å²) in [7, 11) is 1.49. The highest BCUT2D eigenvalue weighted by atomic mass is 19.4. The van der Waals surface area contributed by atoms with E-state index in [1.165, 1.54) is 31.4 Å². The average molecular weight is 278 g/mol. The summed E-state index contributed by atoms with van der Waals surface area (Å²) in [5, 5.41) is 10.2. The molecule has 1 aromatic rings. The second-order valence-corrected chi connectivity index (χ2v) is 4.60. The summed E-state index contributed by atoms with van der Waals surface area (Å²) in [6.07, 6.45) is -4.81. The maximum absolute atomic E-state index is 12.0. The summed E-state index contributed by atoms with van der Waals surface area (Å²) in [4.78, 5) is 0. The standard InChI is InChI=1S/C13H17F3O3/c1-9(18-3)12(2,17)8-10-4-6-11(7-5-10)19-13(14,15)16/h4-7,9,17H,8H2,1-3H3. The zero-order chi connectivity index (χ0) is 14.7. The number of aliphatic hydroxyl groups is 1. The molecule has 0 radical (unpaired) electrons. The molecule has 0 heterocycles. The van der Waals surface area contributed by atoms with Crippen LogP contribution in [-0.2, 0) is 11.2 Å². The monoisotopic (exact) mass is 278 g/mol. The Balaban J connectivity index is 2.72. The molecule has 0 aliphatic carbocycles. The molecular weight excluding hydrogens is 261 g/mol. The van der Waals surface area contributed by atoms with Crippen LogP contribution in [0.4, 0.5) is 13.2 Å². The van der Waals surface area contributed by atoms with Gasteiger partial charge in [-0.2, -0.15) is 0 Å². The molecule has 0 fully saturated rings. The average Bonchev–Trinajstić information content (AvgIpc) is 2.28. The van der Waals surface area contributed by atoms with Gasteiger partial charge >= 0.3 is 6.36 Å². The van der Waals surface area contributed by atoms with Gasteiger partial charge < -0.3 is 14.6 Å². The molecule has 0 saturated carbocycles. The summed E-state index contributed by atoms with van der Waals surface area (Å²) < 4.78 is 44.8. The van der Waals surface area contributed by atoms with Crippen molar-refractivity contribution < 1.29 is 27.8 Å². The molecule has 0 saturated heterocycles. The molecule has 2 atom stereocenters. The quantitative estimate of drug-likeness (QED) is 0.900. The molecule has 0 aromatic heterocycles. The molecule has 1 aromatic carbocycles. The SMILES string of the molecule is COC(C)C(C)(O)Cc1ccc(OC(F)(F)F)cc1. The molecule has 0 aliphatic rings. The number of halogens is 3. The van der Waals surface area contributed by atoms with E-state index in [0.717, 1.165) is 0 Å². The fraction of sp³-hybridized carbons (Fsp3) is 0.538. The molecule has 0 bridgehead atoms. The summed E-state index contributed by atoms with van der Waals surface area (Å²) in [6, 6.07) is 5.41. The van der Waals surface area contributed by atoms with Crippen molar-refractivity contribution in [3.63, 3.8) is 0 Å². The van der Waals surface area contributed by atoms with Gasteiger partial charge in [-0.3, -0.25) is 0 Å². The van der Waals surface area contributed by atoms with E-state index in [4.69, 9.17) is 4.74 Å². The van der Waals surface area contributed by atoms with E-state index in [1.807, 2.05) is 0 Å². The van der Waals surface area contributed by atoms with Crippen LogP contribution in [0.15, 0.2) is 24.3 Å². The van der Waals surface area contributed by atoms with Crippen LogP contribution in [0, 0.1) is 0 Å². The number of methoxy groups -OCH3 is 1. The van der Waals surface area contributed by atoms with Crippen LogP contribution in [-0.4, -0.2) is 30.3 Å². The third kappa shape index (κ3) is 5.08. The van der Waals surface area contributed by atoms with Gasteiger partial charge in [-0.15, -0.1) is 13.2 Å². The zero-order valence-corrected chi connectivity index (χ0v) is 11.0. The normalized spacial score (nSPS) is 16.8. The van der Waals surface area contributed by atoms with E-state index in [-0.39, 0.29) is 12.2 Å². The first-order chi connectivity index (χ1) is 8.64. The lowest BCUT2D eigenvalue weighted by Gasteiger charge is -2.29. The lowest BCUT2D eigenvalue weighted by atomic mass is 9.92. The lowest BCUT2D eigenvalue weighted by molar-refractivity contribution is -0.274. The van der Waals surface area contributed by atoms with Gasteiger partial charge in [0.2, 0.25) is 0 Å². The number of hydrogen-bond acceptors (Lipinski definition) is 3. The fourth-order valence-electron chi connectivity index (χ4n) is 1.62. The second kappa shape index (κ2) is 5.79. The Morgan fingerprint density at radius 3 is 2.16 bits per heavy atom. The molecule has 0 spiro atoms. The van der Waals surface area contributed by atoms with Crippen molar-refractivity contribution >= 4 is 0 Å². The minimum absolute atomic E-state index is 0.272. The third-order valence-corrected chi connectivity index (χ3v) is 2.95. The second-order valence-electron chi connectivity index (χ2n) is 4.60. The van der Waals surface area contributed by atoms with Crippen LogP contribution in [0.3, 0.4) is 0 Å². The fourth-order valence-corrected chi connectivity index (χ4v) is 1.62. The van der Waals surface area contributed by atoms with Crippen molar-refractivity contribution in [1.29, 1.82) is 0 Å².